The van der Waals surface area contributed by atoms with E-state index in [0.29, 0.717) is 26.9 Å². The minimum absolute atomic E-state index is 0.000525. The molecule has 1 atom stereocenters. The number of ether oxygens (including phenoxy) is 1. The van der Waals surface area contributed by atoms with Crippen molar-refractivity contribution in [2.45, 2.75) is 52.1 Å². The van der Waals surface area contributed by atoms with Crippen LogP contribution in [0.2, 0.25) is 10.0 Å². The van der Waals surface area contributed by atoms with Crippen molar-refractivity contribution in [3.63, 3.8) is 0 Å². The second kappa shape index (κ2) is 14.1. The molecule has 1 heterocycles. The van der Waals surface area contributed by atoms with Crippen molar-refractivity contribution in [3.05, 3.63) is 87.2 Å². The summed E-state index contributed by atoms with van der Waals surface area (Å²) in [4.78, 5) is 35.9. The highest BCUT2D eigenvalue weighted by molar-refractivity contribution is 6.42. The molecule has 2 aromatic rings. The van der Waals surface area contributed by atoms with Gasteiger partial charge in [0.15, 0.2) is 5.69 Å². The first-order valence-electron chi connectivity index (χ1n) is 12.9. The summed E-state index contributed by atoms with van der Waals surface area (Å²) in [7, 11) is 0. The van der Waals surface area contributed by atoms with E-state index >= 15 is 0 Å². The smallest absolute Gasteiger partial charge is 0.481 e. The van der Waals surface area contributed by atoms with Crippen LogP contribution in [0.25, 0.3) is 11.3 Å². The average molecular weight is 641 g/mol. The van der Waals surface area contributed by atoms with Gasteiger partial charge in [-0.15, -0.1) is 13.2 Å². The van der Waals surface area contributed by atoms with Crippen molar-refractivity contribution in [2.24, 2.45) is 0 Å². The van der Waals surface area contributed by atoms with Crippen LogP contribution in [-0.4, -0.2) is 51.2 Å². The van der Waals surface area contributed by atoms with E-state index in [9.17, 15) is 27.6 Å². The Bertz CT molecular complexity index is 1530. The topological polar surface area (TPSA) is 123 Å². The van der Waals surface area contributed by atoms with Crippen LogP contribution in [0.3, 0.4) is 0 Å². The summed E-state index contributed by atoms with van der Waals surface area (Å²) in [5.41, 5.74) is 1.00. The Balaban J connectivity index is 1.82. The molecule has 0 saturated heterocycles. The molecule has 0 radical (unpaired) electrons. The Morgan fingerprint density at radius 2 is 1.88 bits per heavy atom. The number of rotatable bonds is 11. The van der Waals surface area contributed by atoms with E-state index in [-0.39, 0.29) is 37.3 Å². The first-order chi connectivity index (χ1) is 20.0. The number of alkyl halides is 3. The third kappa shape index (κ3) is 10.1. The van der Waals surface area contributed by atoms with Gasteiger partial charge in [0.2, 0.25) is 5.91 Å². The number of amides is 2. The third-order valence-corrected chi connectivity index (χ3v) is 6.92. The predicted molar refractivity (Wildman–Crippen MR) is 155 cm³/mol. The van der Waals surface area contributed by atoms with Crippen molar-refractivity contribution in [1.29, 1.82) is 0 Å². The van der Waals surface area contributed by atoms with Gasteiger partial charge in [0.25, 0.3) is 5.91 Å². The number of carboxylic acid groups (broad SMARTS) is 1. The van der Waals surface area contributed by atoms with Crippen molar-refractivity contribution in [3.8, 4) is 11.3 Å². The van der Waals surface area contributed by atoms with Crippen LogP contribution in [0, 0.1) is 0 Å². The van der Waals surface area contributed by atoms with Gasteiger partial charge in [-0.05, 0) is 45.0 Å². The van der Waals surface area contributed by atoms with E-state index in [1.807, 2.05) is 0 Å². The molecule has 1 aromatic carbocycles. The molecule has 0 spiro atoms. The minimum atomic E-state index is -4.81. The SMILES string of the molecule is C/C(=C\C=C(/C)C(=O)NCCC(=O)O)Cn1nc(C(=O)NC2=CCC(C)(OC(F)(F)F)C=C2)cc1-c1ccc(Cl)c(Cl)c1. The highest BCUT2D eigenvalue weighted by Gasteiger charge is 2.39. The van der Waals surface area contributed by atoms with Crippen molar-refractivity contribution >= 4 is 41.0 Å². The standard InChI is InChI=1S/C29H29Cl2F3N4O5/c1-17(4-5-18(2)26(41)35-13-10-25(39)40)16-38-24(19-6-7-21(30)22(31)14-19)15-23(37-38)27(42)36-20-8-11-28(3,12-9-20)43-29(32,33)34/h4-9,11,14-15H,10,12-13,16H2,1-3H3,(H,35,41)(H,36,42)(H,39,40)/b17-4+,18-5+. The number of benzene rings is 1. The summed E-state index contributed by atoms with van der Waals surface area (Å²) in [5.74, 6) is -2.02. The molecular formula is C29H29Cl2F3N4O5. The molecule has 230 valence electrons. The monoisotopic (exact) mass is 640 g/mol. The largest absolute Gasteiger partial charge is 0.523 e. The fourth-order valence-electron chi connectivity index (χ4n) is 3.93. The number of carbonyl (C=O) groups excluding carboxylic acids is 2. The van der Waals surface area contributed by atoms with Crippen LogP contribution in [0.4, 0.5) is 13.2 Å². The van der Waals surface area contributed by atoms with Gasteiger partial charge in [0.05, 0.1) is 34.3 Å². The third-order valence-electron chi connectivity index (χ3n) is 6.18. The van der Waals surface area contributed by atoms with Gasteiger partial charge >= 0.3 is 12.3 Å². The molecule has 1 unspecified atom stereocenters. The van der Waals surface area contributed by atoms with Crippen molar-refractivity contribution in [1.82, 2.24) is 20.4 Å². The summed E-state index contributed by atoms with van der Waals surface area (Å²) < 4.78 is 43.9. The number of allylic oxidation sites excluding steroid dienone is 4. The summed E-state index contributed by atoms with van der Waals surface area (Å²) in [6.45, 7) is 4.88. The quantitative estimate of drug-likeness (QED) is 0.198. The lowest BCUT2D eigenvalue weighted by Crippen LogP contribution is -2.35. The van der Waals surface area contributed by atoms with Gasteiger partial charge in [-0.25, -0.2) is 0 Å². The molecule has 43 heavy (non-hydrogen) atoms. The zero-order valence-corrected chi connectivity index (χ0v) is 24.9. The number of nitrogens with zero attached hydrogens (tertiary/aromatic N) is 2. The fraction of sp³-hybridized carbons (Fsp3) is 0.310. The first-order valence-corrected chi connectivity index (χ1v) is 13.7. The lowest BCUT2D eigenvalue weighted by atomic mass is 9.96. The number of aromatic nitrogens is 2. The van der Waals surface area contributed by atoms with Crippen LogP contribution in [0.1, 0.15) is 44.1 Å². The summed E-state index contributed by atoms with van der Waals surface area (Å²) >= 11 is 12.3. The molecule has 0 saturated carbocycles. The maximum atomic E-state index is 13.1. The van der Waals surface area contributed by atoms with E-state index in [2.05, 4.69) is 20.5 Å². The normalized spacial score (nSPS) is 17.4. The Labute approximate surface area is 255 Å². The van der Waals surface area contributed by atoms with Crippen LogP contribution >= 0.6 is 23.2 Å². The Morgan fingerprint density at radius 3 is 2.49 bits per heavy atom. The van der Waals surface area contributed by atoms with E-state index in [1.54, 1.807) is 54.9 Å². The van der Waals surface area contributed by atoms with Crippen LogP contribution in [0.5, 0.6) is 0 Å². The molecule has 3 rings (SSSR count). The first kappa shape index (κ1) is 33.6. The zero-order valence-electron chi connectivity index (χ0n) is 23.4. The second-order valence-electron chi connectivity index (χ2n) is 9.98. The molecule has 2 amide bonds. The van der Waals surface area contributed by atoms with E-state index in [0.717, 1.165) is 5.57 Å². The molecule has 1 aliphatic rings. The Morgan fingerprint density at radius 1 is 1.16 bits per heavy atom. The fourth-order valence-corrected chi connectivity index (χ4v) is 4.23. The number of halogens is 5. The van der Waals surface area contributed by atoms with Crippen LogP contribution in [-0.2, 0) is 20.9 Å². The maximum Gasteiger partial charge on any atom is 0.523 e. The maximum absolute atomic E-state index is 13.1. The van der Waals surface area contributed by atoms with Crippen molar-refractivity contribution < 1.29 is 37.4 Å². The summed E-state index contributed by atoms with van der Waals surface area (Å²) in [6, 6.07) is 6.48. The summed E-state index contributed by atoms with van der Waals surface area (Å²) in [6.07, 6.45) is 2.16. The lowest BCUT2D eigenvalue weighted by Gasteiger charge is -2.29. The van der Waals surface area contributed by atoms with Gasteiger partial charge < -0.3 is 15.7 Å². The number of hydrogen-bond acceptors (Lipinski definition) is 5. The second-order valence-corrected chi connectivity index (χ2v) is 10.8. The molecule has 14 heteroatoms. The molecule has 0 bridgehead atoms. The van der Waals surface area contributed by atoms with E-state index in [1.165, 1.54) is 25.2 Å². The molecule has 9 nitrogen and oxygen atoms in total. The zero-order chi connectivity index (χ0) is 31.9. The number of carboxylic acids is 1. The minimum Gasteiger partial charge on any atom is -0.481 e. The average Bonchev–Trinajstić information content (AvgIpc) is 3.32. The summed E-state index contributed by atoms with van der Waals surface area (Å²) in [5, 5.41) is 19.0. The van der Waals surface area contributed by atoms with Gasteiger partial charge in [-0.1, -0.05) is 59.1 Å². The lowest BCUT2D eigenvalue weighted by molar-refractivity contribution is -0.355. The van der Waals surface area contributed by atoms with Crippen molar-refractivity contribution in [2.75, 3.05) is 6.54 Å². The van der Waals surface area contributed by atoms with Gasteiger partial charge in [-0.2, -0.15) is 5.10 Å². The molecular weight excluding hydrogens is 612 g/mol. The highest BCUT2D eigenvalue weighted by atomic mass is 35.5. The molecule has 0 aliphatic heterocycles. The molecule has 3 N–H and O–H groups in total. The Hall–Kier alpha value is -3.87. The Kier molecular flexibility index (Phi) is 11.0. The van der Waals surface area contributed by atoms with E-state index in [4.69, 9.17) is 28.3 Å². The molecule has 1 aliphatic carbocycles. The molecule has 1 aromatic heterocycles. The van der Waals surface area contributed by atoms with E-state index < -0.39 is 29.7 Å². The van der Waals surface area contributed by atoms with Gasteiger partial charge in [-0.3, -0.25) is 23.8 Å². The van der Waals surface area contributed by atoms with Crippen LogP contribution in [0.15, 0.2) is 71.5 Å². The number of hydrogen-bond donors (Lipinski definition) is 3. The number of carbonyl (C=O) groups is 3. The van der Waals surface area contributed by atoms with Crippen LogP contribution < -0.4 is 10.6 Å². The molecule has 0 fully saturated rings. The highest BCUT2D eigenvalue weighted by Crippen LogP contribution is 2.32. The number of aliphatic carboxylic acids is 1. The van der Waals surface area contributed by atoms with Gasteiger partial charge in [0.1, 0.15) is 0 Å². The number of nitrogens with one attached hydrogen (secondary N) is 2. The predicted octanol–water partition coefficient (Wildman–Crippen LogP) is 6.21. The van der Waals surface area contributed by atoms with Gasteiger partial charge in [0, 0.05) is 29.8 Å².